The normalized spacial score (nSPS) is 17.9. The van der Waals surface area contributed by atoms with E-state index in [9.17, 15) is 4.39 Å². The molecule has 100 valence electrons. The Hall–Kier alpha value is -0.420. The number of hydrogen-bond acceptors (Lipinski definition) is 2. The van der Waals surface area contributed by atoms with Gasteiger partial charge >= 0.3 is 0 Å². The maximum atomic E-state index is 14.1. The van der Waals surface area contributed by atoms with Crippen LogP contribution in [0.3, 0.4) is 0 Å². The molecule has 0 bridgehead atoms. The van der Waals surface area contributed by atoms with Gasteiger partial charge in [-0.2, -0.15) is 0 Å². The third kappa shape index (κ3) is 3.32. The van der Waals surface area contributed by atoms with Crippen molar-refractivity contribution in [3.8, 4) is 0 Å². The molecule has 0 radical (unpaired) electrons. The number of nitrogens with zero attached hydrogens (tertiary/aromatic N) is 1. The molecule has 0 saturated carbocycles. The minimum absolute atomic E-state index is 0. The molecule has 0 spiro atoms. The highest BCUT2D eigenvalue weighted by atomic mass is 79.9. The monoisotopic (exact) mass is 334 g/mol. The van der Waals surface area contributed by atoms with Gasteiger partial charge in [0.25, 0.3) is 0 Å². The molecule has 18 heavy (non-hydrogen) atoms. The Labute approximate surface area is 122 Å². The number of rotatable bonds is 3. The summed E-state index contributed by atoms with van der Waals surface area (Å²) in [5.74, 6) is -0.184. The van der Waals surface area contributed by atoms with Gasteiger partial charge in [0.15, 0.2) is 0 Å². The smallest absolute Gasteiger partial charge is 0.142 e. The highest BCUT2D eigenvalue weighted by Gasteiger charge is 2.22. The molecule has 0 unspecified atom stereocenters. The zero-order valence-electron chi connectivity index (χ0n) is 10.0. The van der Waals surface area contributed by atoms with Crippen molar-refractivity contribution < 1.29 is 4.39 Å². The molecule has 1 aromatic carbocycles. The topological polar surface area (TPSA) is 15.3 Å². The van der Waals surface area contributed by atoms with Crippen molar-refractivity contribution in [1.82, 2.24) is 10.2 Å². The van der Waals surface area contributed by atoms with Crippen LogP contribution in [0.2, 0.25) is 0 Å². The summed E-state index contributed by atoms with van der Waals surface area (Å²) in [6, 6.07) is 5.36. The molecule has 1 aliphatic heterocycles. The van der Waals surface area contributed by atoms with Gasteiger partial charge in [0, 0.05) is 31.7 Å². The lowest BCUT2D eigenvalue weighted by molar-refractivity contribution is 0.200. The summed E-state index contributed by atoms with van der Waals surface area (Å²) in [5.41, 5.74) is 0.691. The summed E-state index contributed by atoms with van der Waals surface area (Å²) >= 11 is 3.23. The molecular formula is C13H17BrClFN2. The van der Waals surface area contributed by atoms with Crippen molar-refractivity contribution in [3.05, 3.63) is 46.7 Å². The lowest BCUT2D eigenvalue weighted by Crippen LogP contribution is -2.44. The first-order chi connectivity index (χ1) is 8.24. The molecule has 1 atom stereocenters. The summed E-state index contributed by atoms with van der Waals surface area (Å²) in [6.45, 7) is 7.57. The van der Waals surface area contributed by atoms with Crippen LogP contribution in [0.25, 0.3) is 0 Å². The predicted octanol–water partition coefficient (Wildman–Crippen LogP) is 3.14. The van der Waals surface area contributed by atoms with Crippen molar-refractivity contribution in [2.24, 2.45) is 0 Å². The van der Waals surface area contributed by atoms with Gasteiger partial charge in [-0.15, -0.1) is 19.0 Å². The fraction of sp³-hybridized carbons (Fsp3) is 0.385. The van der Waals surface area contributed by atoms with E-state index in [4.69, 9.17) is 0 Å². The Bertz CT molecular complexity index is 408. The van der Waals surface area contributed by atoms with Crippen molar-refractivity contribution in [2.75, 3.05) is 26.2 Å². The number of halogens is 3. The van der Waals surface area contributed by atoms with Crippen LogP contribution >= 0.6 is 28.3 Å². The van der Waals surface area contributed by atoms with E-state index in [1.54, 1.807) is 6.07 Å². The van der Waals surface area contributed by atoms with Gasteiger partial charge in [-0.25, -0.2) is 4.39 Å². The van der Waals surface area contributed by atoms with Gasteiger partial charge in [0.05, 0.1) is 10.5 Å². The SMILES string of the molecule is C=C[C@@H](c1cccc(Br)c1F)N1CCNCC1.Cl. The quantitative estimate of drug-likeness (QED) is 0.854. The van der Waals surface area contributed by atoms with Crippen LogP contribution in [0.5, 0.6) is 0 Å². The highest BCUT2D eigenvalue weighted by Crippen LogP contribution is 2.28. The van der Waals surface area contributed by atoms with E-state index < -0.39 is 0 Å². The van der Waals surface area contributed by atoms with E-state index in [1.165, 1.54) is 0 Å². The molecule has 1 N–H and O–H groups in total. The second-order valence-electron chi connectivity index (χ2n) is 4.11. The molecule has 2 rings (SSSR count). The van der Waals surface area contributed by atoms with E-state index in [-0.39, 0.29) is 24.3 Å². The van der Waals surface area contributed by atoms with Crippen LogP contribution in [-0.4, -0.2) is 31.1 Å². The molecule has 2 nitrogen and oxygen atoms in total. The fourth-order valence-corrected chi connectivity index (χ4v) is 2.56. The van der Waals surface area contributed by atoms with Gasteiger partial charge in [0.2, 0.25) is 0 Å². The summed E-state index contributed by atoms with van der Waals surface area (Å²) in [6.07, 6.45) is 1.82. The Morgan fingerprint density at radius 3 is 2.67 bits per heavy atom. The molecule has 1 aliphatic rings. The van der Waals surface area contributed by atoms with Gasteiger partial charge < -0.3 is 5.32 Å². The minimum Gasteiger partial charge on any atom is -0.314 e. The molecule has 1 fully saturated rings. The van der Waals surface area contributed by atoms with Crippen LogP contribution in [0.4, 0.5) is 4.39 Å². The van der Waals surface area contributed by atoms with Crippen LogP contribution in [0.1, 0.15) is 11.6 Å². The van der Waals surface area contributed by atoms with Crippen LogP contribution in [0, 0.1) is 5.82 Å². The number of benzene rings is 1. The average molecular weight is 336 g/mol. The first-order valence-corrected chi connectivity index (χ1v) is 6.54. The van der Waals surface area contributed by atoms with Crippen LogP contribution in [0.15, 0.2) is 35.3 Å². The molecule has 0 amide bonds. The zero-order chi connectivity index (χ0) is 12.3. The standard InChI is InChI=1S/C13H16BrFN2.ClH/c1-2-12(17-8-6-16-7-9-17)10-4-3-5-11(14)13(10)15;/h2-5,12,16H,1,6-9H2;1H/t12-;/m0./s1. The molecule has 0 aliphatic carbocycles. The minimum atomic E-state index is -0.184. The maximum absolute atomic E-state index is 14.1. The van der Waals surface area contributed by atoms with Crippen molar-refractivity contribution >= 4 is 28.3 Å². The number of nitrogens with one attached hydrogen (secondary N) is 1. The van der Waals surface area contributed by atoms with E-state index in [0.717, 1.165) is 26.2 Å². The lowest BCUT2D eigenvalue weighted by Gasteiger charge is -2.33. The predicted molar refractivity (Wildman–Crippen MR) is 78.7 cm³/mol. The van der Waals surface area contributed by atoms with Gasteiger partial charge in [-0.3, -0.25) is 4.90 Å². The molecule has 1 heterocycles. The van der Waals surface area contributed by atoms with Gasteiger partial charge in [0.1, 0.15) is 5.82 Å². The van der Waals surface area contributed by atoms with Gasteiger partial charge in [-0.05, 0) is 22.0 Å². The van der Waals surface area contributed by atoms with Crippen LogP contribution < -0.4 is 5.32 Å². The highest BCUT2D eigenvalue weighted by molar-refractivity contribution is 9.10. The first-order valence-electron chi connectivity index (χ1n) is 5.75. The molecule has 5 heteroatoms. The molecular weight excluding hydrogens is 319 g/mol. The van der Waals surface area contributed by atoms with Gasteiger partial charge in [-0.1, -0.05) is 18.2 Å². The first kappa shape index (κ1) is 15.6. The van der Waals surface area contributed by atoms with Crippen molar-refractivity contribution in [3.63, 3.8) is 0 Å². The van der Waals surface area contributed by atoms with E-state index in [0.29, 0.717) is 10.0 Å². The Morgan fingerprint density at radius 2 is 2.06 bits per heavy atom. The maximum Gasteiger partial charge on any atom is 0.142 e. The molecule has 0 aromatic heterocycles. The lowest BCUT2D eigenvalue weighted by atomic mass is 10.0. The van der Waals surface area contributed by atoms with Crippen molar-refractivity contribution in [1.29, 1.82) is 0 Å². The average Bonchev–Trinajstić information content (AvgIpc) is 2.37. The third-order valence-electron chi connectivity index (χ3n) is 3.07. The fourth-order valence-electron chi connectivity index (χ4n) is 2.18. The van der Waals surface area contributed by atoms with E-state index >= 15 is 0 Å². The Morgan fingerprint density at radius 1 is 1.39 bits per heavy atom. The second kappa shape index (κ2) is 7.24. The zero-order valence-corrected chi connectivity index (χ0v) is 12.4. The summed E-state index contributed by atoms with van der Waals surface area (Å²) < 4.78 is 14.6. The Kier molecular flexibility index (Phi) is 6.29. The molecule has 1 aromatic rings. The summed E-state index contributed by atoms with van der Waals surface area (Å²) in [4.78, 5) is 2.24. The second-order valence-corrected chi connectivity index (χ2v) is 4.96. The van der Waals surface area contributed by atoms with E-state index in [2.05, 4.69) is 32.7 Å². The molecule has 1 saturated heterocycles. The largest absolute Gasteiger partial charge is 0.314 e. The number of piperazine rings is 1. The van der Waals surface area contributed by atoms with Crippen molar-refractivity contribution in [2.45, 2.75) is 6.04 Å². The summed E-state index contributed by atoms with van der Waals surface area (Å²) in [5, 5.41) is 3.29. The van der Waals surface area contributed by atoms with E-state index in [1.807, 2.05) is 18.2 Å². The summed E-state index contributed by atoms with van der Waals surface area (Å²) in [7, 11) is 0. The Balaban J connectivity index is 0.00000162. The number of hydrogen-bond donors (Lipinski definition) is 1. The third-order valence-corrected chi connectivity index (χ3v) is 3.68. The van der Waals surface area contributed by atoms with Crippen LogP contribution in [-0.2, 0) is 0 Å².